The molecule has 0 aromatic carbocycles. The third-order valence-corrected chi connectivity index (χ3v) is 9.81. The van der Waals surface area contributed by atoms with Crippen LogP contribution >= 0.6 is 0 Å². The molecule has 278 valence electrons. The van der Waals surface area contributed by atoms with Crippen LogP contribution in [0, 0.1) is 0 Å². The number of unbranched alkanes of at least 4 members (excludes halogenated alkanes) is 22. The summed E-state index contributed by atoms with van der Waals surface area (Å²) >= 11 is 0. The molecule has 0 amide bonds. The van der Waals surface area contributed by atoms with Crippen molar-refractivity contribution < 1.29 is 28.5 Å². The minimum atomic E-state index is -0.417. The lowest BCUT2D eigenvalue weighted by Gasteiger charge is -2.17. The fourth-order valence-corrected chi connectivity index (χ4v) is 6.77. The van der Waals surface area contributed by atoms with Crippen LogP contribution in [0.4, 0.5) is 0 Å². The topological polar surface area (TPSA) is 71.1 Å². The van der Waals surface area contributed by atoms with Gasteiger partial charge in [-0.15, -0.1) is 0 Å². The summed E-state index contributed by atoms with van der Waals surface area (Å²) in [7, 11) is 0. The molecule has 2 aliphatic heterocycles. The second-order valence-electron chi connectivity index (χ2n) is 14.3. The summed E-state index contributed by atoms with van der Waals surface area (Å²) < 4.78 is 23.2. The summed E-state index contributed by atoms with van der Waals surface area (Å²) in [5, 5.41) is 0. The second kappa shape index (κ2) is 30.2. The second-order valence-corrected chi connectivity index (χ2v) is 14.3. The van der Waals surface area contributed by atoms with Crippen LogP contribution in [0.3, 0.4) is 0 Å². The Kier molecular flexibility index (Phi) is 26.7. The van der Waals surface area contributed by atoms with Crippen LogP contribution in [0.25, 0.3) is 0 Å². The van der Waals surface area contributed by atoms with E-state index >= 15 is 0 Å². The van der Waals surface area contributed by atoms with Gasteiger partial charge >= 0.3 is 11.9 Å². The summed E-state index contributed by atoms with van der Waals surface area (Å²) in [6.45, 7) is 5.13. The van der Waals surface area contributed by atoms with Crippen molar-refractivity contribution in [2.45, 2.75) is 218 Å². The van der Waals surface area contributed by atoms with Crippen molar-refractivity contribution in [1.29, 1.82) is 0 Å². The molecule has 2 rings (SSSR count). The lowest BCUT2D eigenvalue weighted by atomic mass is 10.1. The van der Waals surface area contributed by atoms with E-state index < -0.39 is 12.2 Å². The molecule has 0 aliphatic carbocycles. The molecule has 2 saturated heterocycles. The first kappa shape index (κ1) is 42.5. The zero-order chi connectivity index (χ0) is 34.3. The molecule has 0 radical (unpaired) electrons. The quantitative estimate of drug-likeness (QED) is 0.0402. The summed E-state index contributed by atoms with van der Waals surface area (Å²) in [4.78, 5) is 24.9. The van der Waals surface area contributed by atoms with Gasteiger partial charge in [0.15, 0.2) is 12.2 Å². The third-order valence-electron chi connectivity index (χ3n) is 9.81. The molecule has 0 bridgehead atoms. The first-order chi connectivity index (χ1) is 23.7. The molecule has 4 atom stereocenters. The van der Waals surface area contributed by atoms with Crippen LogP contribution in [0.15, 0.2) is 24.3 Å². The zero-order valence-electron chi connectivity index (χ0n) is 31.3. The van der Waals surface area contributed by atoms with Gasteiger partial charge in [-0.25, -0.2) is 0 Å². The van der Waals surface area contributed by atoms with E-state index in [0.29, 0.717) is 26.1 Å². The molecule has 0 spiro atoms. The Balaban J connectivity index is 1.40. The van der Waals surface area contributed by atoms with Gasteiger partial charge in [-0.3, -0.25) is 9.59 Å². The fourth-order valence-electron chi connectivity index (χ4n) is 6.77. The lowest BCUT2D eigenvalue weighted by molar-refractivity contribution is -0.155. The van der Waals surface area contributed by atoms with Gasteiger partial charge in [0.1, 0.15) is 12.2 Å². The average Bonchev–Trinajstić information content (AvgIpc) is 3.67. The van der Waals surface area contributed by atoms with Crippen molar-refractivity contribution in [2.24, 2.45) is 0 Å². The highest BCUT2D eigenvalue weighted by molar-refractivity contribution is 5.70. The average molecular weight is 675 g/mol. The number of hydrogen-bond acceptors (Lipinski definition) is 6. The first-order valence-electron chi connectivity index (χ1n) is 20.6. The van der Waals surface area contributed by atoms with Crippen LogP contribution in [-0.2, 0) is 28.5 Å². The van der Waals surface area contributed by atoms with Crippen molar-refractivity contribution >= 4 is 11.9 Å². The highest BCUT2D eigenvalue weighted by Crippen LogP contribution is 2.31. The van der Waals surface area contributed by atoms with Gasteiger partial charge in [-0.05, 0) is 64.2 Å². The normalized spacial score (nSPS) is 20.6. The number of allylic oxidation sites excluding steroid dienone is 4. The minimum Gasteiger partial charge on any atom is -0.457 e. The standard InChI is InChI=1S/C42H74O6/c1-3-5-7-9-11-13-15-17-19-21-23-25-27-29-31-33-39(43)47-37-35-45-42-38(36-46-41(37)42)48-40(44)34-32-30-28-26-24-22-20-18-16-14-12-10-8-6-4-2/h17-20,37-38,41-42H,3-16,21-36H2,1-2H3/t37-,38+,41-,42-/m1/s1. The van der Waals surface area contributed by atoms with Gasteiger partial charge in [0, 0.05) is 12.8 Å². The summed E-state index contributed by atoms with van der Waals surface area (Å²) in [5.74, 6) is -0.370. The third kappa shape index (κ3) is 21.4. The number of rotatable bonds is 32. The molecule has 0 saturated carbocycles. The Morgan fingerprint density at radius 3 is 1.08 bits per heavy atom. The molecule has 48 heavy (non-hydrogen) atoms. The van der Waals surface area contributed by atoms with Crippen LogP contribution in [0.1, 0.15) is 194 Å². The minimum absolute atomic E-state index is 0.185. The van der Waals surface area contributed by atoms with Crippen molar-refractivity contribution in [3.63, 3.8) is 0 Å². The number of fused-ring (bicyclic) bond motifs is 1. The maximum Gasteiger partial charge on any atom is 0.306 e. The number of esters is 2. The number of ether oxygens (including phenoxy) is 4. The van der Waals surface area contributed by atoms with Gasteiger partial charge in [0.2, 0.25) is 0 Å². The Hall–Kier alpha value is -1.66. The van der Waals surface area contributed by atoms with Gasteiger partial charge in [-0.2, -0.15) is 0 Å². The largest absolute Gasteiger partial charge is 0.457 e. The van der Waals surface area contributed by atoms with E-state index in [4.69, 9.17) is 18.9 Å². The monoisotopic (exact) mass is 675 g/mol. The predicted octanol–water partition coefficient (Wildman–Crippen LogP) is 11.7. The first-order valence-corrected chi connectivity index (χ1v) is 20.6. The Morgan fingerprint density at radius 2 is 0.750 bits per heavy atom. The molecule has 2 fully saturated rings. The van der Waals surface area contributed by atoms with E-state index in [0.717, 1.165) is 51.4 Å². The van der Waals surface area contributed by atoms with E-state index in [9.17, 15) is 9.59 Å². The van der Waals surface area contributed by atoms with Gasteiger partial charge in [0.25, 0.3) is 0 Å². The molecule has 0 N–H and O–H groups in total. The van der Waals surface area contributed by atoms with Crippen LogP contribution in [-0.4, -0.2) is 49.6 Å². The van der Waals surface area contributed by atoms with E-state index in [1.807, 2.05) is 0 Å². The molecule has 0 aromatic heterocycles. The van der Waals surface area contributed by atoms with Crippen molar-refractivity contribution in [3.8, 4) is 0 Å². The van der Waals surface area contributed by atoms with Gasteiger partial charge < -0.3 is 18.9 Å². The van der Waals surface area contributed by atoms with Crippen molar-refractivity contribution in [2.75, 3.05) is 13.2 Å². The number of carbonyl (C=O) groups is 2. The summed E-state index contributed by atoms with van der Waals surface area (Å²) in [5.41, 5.74) is 0. The van der Waals surface area contributed by atoms with Crippen molar-refractivity contribution in [1.82, 2.24) is 0 Å². The SMILES string of the molecule is CCCCCCCCC=CCCCCCCCC(=O)O[C@H]1CO[C@H]2[C@@H]1OC[C@H]2OC(=O)CCCCCCCC=CCCCCCCCC. The fraction of sp³-hybridized carbons (Fsp3) is 0.857. The molecular formula is C42H74O6. The maximum absolute atomic E-state index is 12.5. The zero-order valence-corrected chi connectivity index (χ0v) is 31.3. The molecule has 2 aliphatic rings. The Bertz CT molecular complexity index is 770. The van der Waals surface area contributed by atoms with Crippen LogP contribution < -0.4 is 0 Å². The molecule has 6 heteroatoms. The maximum atomic E-state index is 12.5. The van der Waals surface area contributed by atoms with E-state index in [2.05, 4.69) is 38.2 Å². The predicted molar refractivity (Wildman–Crippen MR) is 198 cm³/mol. The molecular weight excluding hydrogens is 600 g/mol. The summed E-state index contributed by atoms with van der Waals surface area (Å²) in [6, 6.07) is 0. The highest BCUT2D eigenvalue weighted by Gasteiger charge is 2.51. The molecule has 6 nitrogen and oxygen atoms in total. The van der Waals surface area contributed by atoms with Gasteiger partial charge in [0.05, 0.1) is 13.2 Å². The van der Waals surface area contributed by atoms with Crippen LogP contribution in [0.2, 0.25) is 0 Å². The van der Waals surface area contributed by atoms with E-state index in [1.165, 1.54) is 116 Å². The Labute approximate surface area is 295 Å². The number of carbonyl (C=O) groups excluding carboxylic acids is 2. The molecule has 0 aromatic rings. The summed E-state index contributed by atoms with van der Waals surface area (Å²) in [6.07, 6.45) is 40.8. The molecule has 2 heterocycles. The van der Waals surface area contributed by atoms with Gasteiger partial charge in [-0.1, -0.05) is 141 Å². The smallest absolute Gasteiger partial charge is 0.306 e. The number of hydrogen-bond donors (Lipinski definition) is 0. The molecule has 0 unspecified atom stereocenters. The lowest BCUT2D eigenvalue weighted by Crippen LogP contribution is -2.35. The van der Waals surface area contributed by atoms with E-state index in [-0.39, 0.29) is 24.1 Å². The van der Waals surface area contributed by atoms with Crippen molar-refractivity contribution in [3.05, 3.63) is 24.3 Å². The highest BCUT2D eigenvalue weighted by atomic mass is 16.7. The Morgan fingerprint density at radius 1 is 0.458 bits per heavy atom. The van der Waals surface area contributed by atoms with E-state index in [1.54, 1.807) is 0 Å². The van der Waals surface area contributed by atoms with Crippen LogP contribution in [0.5, 0.6) is 0 Å².